The smallest absolute Gasteiger partial charge is 0.423 e. The van der Waals surface area contributed by atoms with E-state index in [0.29, 0.717) is 10.8 Å². The van der Waals surface area contributed by atoms with Gasteiger partial charge in [-0.15, -0.1) is 0 Å². The van der Waals surface area contributed by atoms with Crippen molar-refractivity contribution < 1.29 is 10.0 Å². The lowest BCUT2D eigenvalue weighted by Gasteiger charge is -2.07. The molecule has 104 valence electrons. The van der Waals surface area contributed by atoms with Crippen molar-refractivity contribution in [3.63, 3.8) is 0 Å². The first-order chi connectivity index (χ1) is 10.1. The Labute approximate surface area is 121 Å². The lowest BCUT2D eigenvalue weighted by atomic mass is 9.80. The summed E-state index contributed by atoms with van der Waals surface area (Å²) in [6.45, 7) is 0.282. The molecule has 2 aromatic carbocycles. The molecule has 1 heterocycles. The van der Waals surface area contributed by atoms with Gasteiger partial charge in [-0.25, -0.2) is 4.68 Å². The van der Waals surface area contributed by atoms with Crippen molar-refractivity contribution in [1.29, 1.82) is 0 Å². The van der Waals surface area contributed by atoms with Crippen LogP contribution in [-0.2, 0) is 6.54 Å². The summed E-state index contributed by atoms with van der Waals surface area (Å²) in [5.74, 6) is 0. The lowest BCUT2D eigenvalue weighted by molar-refractivity contribution is 0.425. The zero-order valence-corrected chi connectivity index (χ0v) is 11.2. The normalized spacial score (nSPS) is 10.8. The molecule has 3 aromatic rings. The molecule has 2 N–H and O–H groups in total. The van der Waals surface area contributed by atoms with Gasteiger partial charge in [0.1, 0.15) is 0 Å². The minimum absolute atomic E-state index is 0.164. The number of benzene rings is 2. The van der Waals surface area contributed by atoms with Gasteiger partial charge in [-0.2, -0.15) is 5.10 Å². The highest BCUT2D eigenvalue weighted by Gasteiger charge is 2.11. The first-order valence-corrected chi connectivity index (χ1v) is 6.55. The standard InChI is InChI=1S/C15H13BN2O3/c19-15-14-7-2-1-5-12(14)9-17-18(15)10-11-4-3-6-13(8-11)16(20)21/h1-9,20-21H,10H2. The average molecular weight is 280 g/mol. The van der Waals surface area contributed by atoms with Gasteiger partial charge in [-0.3, -0.25) is 4.79 Å². The average Bonchev–Trinajstić information content (AvgIpc) is 2.51. The van der Waals surface area contributed by atoms with E-state index in [2.05, 4.69) is 5.10 Å². The minimum atomic E-state index is -1.52. The molecule has 0 saturated carbocycles. The third-order valence-electron chi connectivity index (χ3n) is 3.34. The minimum Gasteiger partial charge on any atom is -0.423 e. The summed E-state index contributed by atoms with van der Waals surface area (Å²) in [5, 5.41) is 23.9. The highest BCUT2D eigenvalue weighted by atomic mass is 16.4. The third kappa shape index (κ3) is 2.72. The van der Waals surface area contributed by atoms with E-state index in [1.54, 1.807) is 30.5 Å². The molecule has 0 fully saturated rings. The van der Waals surface area contributed by atoms with Gasteiger partial charge in [0.25, 0.3) is 5.56 Å². The van der Waals surface area contributed by atoms with Crippen LogP contribution in [0.1, 0.15) is 5.56 Å². The van der Waals surface area contributed by atoms with E-state index in [1.165, 1.54) is 4.68 Å². The van der Waals surface area contributed by atoms with Crippen molar-refractivity contribution in [1.82, 2.24) is 9.78 Å². The predicted molar refractivity (Wildman–Crippen MR) is 81.4 cm³/mol. The van der Waals surface area contributed by atoms with Gasteiger partial charge >= 0.3 is 7.12 Å². The number of rotatable bonds is 3. The Morgan fingerprint density at radius 1 is 1.10 bits per heavy atom. The fourth-order valence-corrected chi connectivity index (χ4v) is 2.27. The first kappa shape index (κ1) is 13.5. The molecule has 0 unspecified atom stereocenters. The second-order valence-corrected chi connectivity index (χ2v) is 4.81. The van der Waals surface area contributed by atoms with Crippen molar-refractivity contribution >= 4 is 23.4 Å². The monoisotopic (exact) mass is 280 g/mol. The van der Waals surface area contributed by atoms with E-state index >= 15 is 0 Å². The van der Waals surface area contributed by atoms with Crippen molar-refractivity contribution in [2.75, 3.05) is 0 Å². The second kappa shape index (κ2) is 5.51. The summed E-state index contributed by atoms with van der Waals surface area (Å²) in [7, 11) is -1.52. The maximum atomic E-state index is 12.4. The molecule has 5 nitrogen and oxygen atoms in total. The van der Waals surface area contributed by atoms with Gasteiger partial charge in [-0.05, 0) is 17.1 Å². The van der Waals surface area contributed by atoms with Crippen LogP contribution < -0.4 is 11.0 Å². The Hall–Kier alpha value is -2.44. The number of hydrogen-bond donors (Lipinski definition) is 2. The quantitative estimate of drug-likeness (QED) is 0.668. The van der Waals surface area contributed by atoms with Crippen LogP contribution >= 0.6 is 0 Å². The van der Waals surface area contributed by atoms with Crippen LogP contribution in [0.15, 0.2) is 59.5 Å². The maximum Gasteiger partial charge on any atom is 0.488 e. The van der Waals surface area contributed by atoms with Crippen molar-refractivity contribution in [2.45, 2.75) is 6.54 Å². The first-order valence-electron chi connectivity index (χ1n) is 6.55. The van der Waals surface area contributed by atoms with Gasteiger partial charge in [0, 0.05) is 5.39 Å². The van der Waals surface area contributed by atoms with E-state index in [9.17, 15) is 14.8 Å². The Balaban J connectivity index is 2.00. The van der Waals surface area contributed by atoms with Crippen LogP contribution in [0, 0.1) is 0 Å². The lowest BCUT2D eigenvalue weighted by Crippen LogP contribution is -2.30. The molecule has 0 saturated heterocycles. The SMILES string of the molecule is O=c1c2ccccc2cnn1Cc1cccc(B(O)O)c1. The Bertz CT molecular complexity index is 845. The van der Waals surface area contributed by atoms with Crippen molar-refractivity contribution in [3.05, 3.63) is 70.6 Å². The zero-order chi connectivity index (χ0) is 14.8. The number of hydrogen-bond acceptors (Lipinski definition) is 4. The van der Waals surface area contributed by atoms with E-state index < -0.39 is 7.12 Å². The molecule has 6 heteroatoms. The summed E-state index contributed by atoms with van der Waals surface area (Å²) >= 11 is 0. The molecule has 21 heavy (non-hydrogen) atoms. The molecule has 0 spiro atoms. The molecule has 1 aromatic heterocycles. The Morgan fingerprint density at radius 2 is 1.90 bits per heavy atom. The van der Waals surface area contributed by atoms with E-state index in [0.717, 1.165) is 10.9 Å². The largest absolute Gasteiger partial charge is 0.488 e. The molecule has 0 amide bonds. The highest BCUT2D eigenvalue weighted by molar-refractivity contribution is 6.58. The topological polar surface area (TPSA) is 75.4 Å². The highest BCUT2D eigenvalue weighted by Crippen LogP contribution is 2.07. The van der Waals surface area contributed by atoms with Crippen LogP contribution in [0.2, 0.25) is 0 Å². The number of fused-ring (bicyclic) bond motifs is 1. The molecular weight excluding hydrogens is 267 g/mol. The van der Waals surface area contributed by atoms with Crippen LogP contribution in [0.5, 0.6) is 0 Å². The van der Waals surface area contributed by atoms with Gasteiger partial charge in [0.2, 0.25) is 0 Å². The molecule has 0 atom stereocenters. The zero-order valence-electron chi connectivity index (χ0n) is 11.2. The molecular formula is C15H13BN2O3. The van der Waals surface area contributed by atoms with Gasteiger partial charge in [0.15, 0.2) is 0 Å². The molecule has 3 rings (SSSR count). The summed E-state index contributed by atoms with van der Waals surface area (Å²) in [6, 6.07) is 14.1. The van der Waals surface area contributed by atoms with E-state index in [4.69, 9.17) is 0 Å². The van der Waals surface area contributed by atoms with Crippen molar-refractivity contribution in [2.24, 2.45) is 0 Å². The fourth-order valence-electron chi connectivity index (χ4n) is 2.27. The number of nitrogens with zero attached hydrogens (tertiary/aromatic N) is 2. The molecule has 0 aliphatic carbocycles. The molecule has 0 bridgehead atoms. The second-order valence-electron chi connectivity index (χ2n) is 4.81. The molecule has 0 aliphatic rings. The fraction of sp³-hybridized carbons (Fsp3) is 0.0667. The van der Waals surface area contributed by atoms with E-state index in [-0.39, 0.29) is 12.1 Å². The van der Waals surface area contributed by atoms with Gasteiger partial charge in [0.05, 0.1) is 18.1 Å². The van der Waals surface area contributed by atoms with Crippen LogP contribution in [0.25, 0.3) is 10.8 Å². The molecule has 0 aliphatic heterocycles. The van der Waals surface area contributed by atoms with Crippen LogP contribution in [-0.4, -0.2) is 26.9 Å². The summed E-state index contributed by atoms with van der Waals surface area (Å²) in [6.07, 6.45) is 1.65. The van der Waals surface area contributed by atoms with Crippen molar-refractivity contribution in [3.8, 4) is 0 Å². The van der Waals surface area contributed by atoms with E-state index in [1.807, 2.05) is 24.3 Å². The van der Waals surface area contributed by atoms with Crippen LogP contribution in [0.4, 0.5) is 0 Å². The number of aromatic nitrogens is 2. The summed E-state index contributed by atoms with van der Waals surface area (Å²) in [5.41, 5.74) is 1.01. The molecule has 0 radical (unpaired) electrons. The van der Waals surface area contributed by atoms with Gasteiger partial charge < -0.3 is 10.0 Å². The summed E-state index contributed by atoms with van der Waals surface area (Å²) < 4.78 is 1.37. The van der Waals surface area contributed by atoms with Gasteiger partial charge in [-0.1, -0.05) is 42.5 Å². The Kier molecular flexibility index (Phi) is 3.56. The third-order valence-corrected chi connectivity index (χ3v) is 3.34. The van der Waals surface area contributed by atoms with Crippen LogP contribution in [0.3, 0.4) is 0 Å². The summed E-state index contributed by atoms with van der Waals surface area (Å²) in [4.78, 5) is 12.4. The maximum absolute atomic E-state index is 12.4. The predicted octanol–water partition coefficient (Wildman–Crippen LogP) is 0.125. The Morgan fingerprint density at radius 3 is 2.71 bits per heavy atom.